The van der Waals surface area contributed by atoms with Gasteiger partial charge in [-0.15, -0.1) is 11.3 Å². The topological polar surface area (TPSA) is 51.1 Å². The third-order valence-electron chi connectivity index (χ3n) is 3.82. The van der Waals surface area contributed by atoms with Gasteiger partial charge < -0.3 is 9.64 Å². The maximum absolute atomic E-state index is 5.41. The summed E-state index contributed by atoms with van der Waals surface area (Å²) in [4.78, 5) is 16.9. The van der Waals surface area contributed by atoms with E-state index >= 15 is 0 Å². The van der Waals surface area contributed by atoms with Crippen molar-refractivity contribution in [3.8, 4) is 21.7 Å². The second kappa shape index (κ2) is 6.44. The van der Waals surface area contributed by atoms with Gasteiger partial charge >= 0.3 is 0 Å². The van der Waals surface area contributed by atoms with Crippen molar-refractivity contribution < 1.29 is 4.74 Å². The number of hydrogen-bond donors (Lipinski definition) is 0. The van der Waals surface area contributed by atoms with Crippen molar-refractivity contribution in [1.29, 1.82) is 0 Å². The molecule has 1 aliphatic heterocycles. The van der Waals surface area contributed by atoms with E-state index in [-0.39, 0.29) is 0 Å². The van der Waals surface area contributed by atoms with Gasteiger partial charge in [0.2, 0.25) is 5.95 Å². The minimum atomic E-state index is 0.726. The Balaban J connectivity index is 1.80. The third kappa shape index (κ3) is 2.95. The van der Waals surface area contributed by atoms with Gasteiger partial charge in [0.1, 0.15) is 0 Å². The lowest BCUT2D eigenvalue weighted by Crippen LogP contribution is -2.37. The highest BCUT2D eigenvalue weighted by Crippen LogP contribution is 2.33. The number of pyridine rings is 1. The molecule has 0 unspecified atom stereocenters. The molecule has 4 rings (SSSR count). The number of morpholine rings is 1. The normalized spacial score (nSPS) is 14.9. The van der Waals surface area contributed by atoms with E-state index in [1.54, 1.807) is 23.7 Å². The molecular weight excluding hydrogens is 308 g/mol. The maximum Gasteiger partial charge on any atom is 0.226 e. The summed E-state index contributed by atoms with van der Waals surface area (Å²) in [5, 5.41) is 2.07. The zero-order chi connectivity index (χ0) is 15.5. The van der Waals surface area contributed by atoms with Gasteiger partial charge in [0.05, 0.1) is 23.8 Å². The zero-order valence-corrected chi connectivity index (χ0v) is 13.4. The molecule has 6 heteroatoms. The first-order valence-electron chi connectivity index (χ1n) is 7.56. The van der Waals surface area contributed by atoms with Crippen LogP contribution in [0.1, 0.15) is 0 Å². The summed E-state index contributed by atoms with van der Waals surface area (Å²) in [6, 6.07) is 8.13. The molecule has 3 aromatic heterocycles. The van der Waals surface area contributed by atoms with E-state index in [4.69, 9.17) is 9.72 Å². The molecule has 0 aromatic carbocycles. The number of hydrogen-bond acceptors (Lipinski definition) is 6. The van der Waals surface area contributed by atoms with Crippen LogP contribution >= 0.6 is 11.3 Å². The molecule has 4 heterocycles. The summed E-state index contributed by atoms with van der Waals surface area (Å²) in [5.74, 6) is 0.773. The standard InChI is InChI=1S/C17H16N4OS/c1-2-15(23-11-1)16-14(13-3-5-18-6-4-13)12-19-17(20-16)21-7-9-22-10-8-21/h1-6,11-12H,7-10H2. The van der Waals surface area contributed by atoms with Crippen molar-refractivity contribution in [2.45, 2.75) is 0 Å². The number of anilines is 1. The quantitative estimate of drug-likeness (QED) is 0.741. The molecule has 0 amide bonds. The van der Waals surface area contributed by atoms with Crippen LogP contribution in [-0.4, -0.2) is 41.3 Å². The second-order valence-electron chi connectivity index (χ2n) is 5.24. The Labute approximate surface area is 138 Å². The van der Waals surface area contributed by atoms with Crippen molar-refractivity contribution in [3.05, 3.63) is 48.2 Å². The van der Waals surface area contributed by atoms with Gasteiger partial charge in [-0.3, -0.25) is 4.98 Å². The van der Waals surface area contributed by atoms with Gasteiger partial charge in [-0.2, -0.15) is 0 Å². The van der Waals surface area contributed by atoms with Gasteiger partial charge in [0, 0.05) is 37.2 Å². The zero-order valence-electron chi connectivity index (χ0n) is 12.6. The molecule has 0 N–H and O–H groups in total. The molecule has 1 saturated heterocycles. The monoisotopic (exact) mass is 324 g/mol. The van der Waals surface area contributed by atoms with Crippen molar-refractivity contribution >= 4 is 17.3 Å². The Hall–Kier alpha value is -2.31. The van der Waals surface area contributed by atoms with Gasteiger partial charge in [-0.1, -0.05) is 6.07 Å². The molecule has 23 heavy (non-hydrogen) atoms. The van der Waals surface area contributed by atoms with Gasteiger partial charge in [-0.05, 0) is 29.1 Å². The molecule has 0 radical (unpaired) electrons. The van der Waals surface area contributed by atoms with Gasteiger partial charge in [0.25, 0.3) is 0 Å². The first kappa shape index (κ1) is 14.3. The van der Waals surface area contributed by atoms with Crippen LogP contribution in [0.25, 0.3) is 21.7 Å². The van der Waals surface area contributed by atoms with E-state index < -0.39 is 0 Å². The number of aromatic nitrogens is 3. The van der Waals surface area contributed by atoms with Crippen LogP contribution in [0.5, 0.6) is 0 Å². The average molecular weight is 324 g/mol. The highest BCUT2D eigenvalue weighted by Gasteiger charge is 2.18. The van der Waals surface area contributed by atoms with Crippen LogP contribution in [0.2, 0.25) is 0 Å². The summed E-state index contributed by atoms with van der Waals surface area (Å²) in [6.45, 7) is 3.12. The lowest BCUT2D eigenvalue weighted by atomic mass is 10.1. The van der Waals surface area contributed by atoms with E-state index in [0.717, 1.165) is 53.9 Å². The summed E-state index contributed by atoms with van der Waals surface area (Å²) >= 11 is 1.69. The molecule has 0 bridgehead atoms. The predicted molar refractivity (Wildman–Crippen MR) is 91.6 cm³/mol. The van der Waals surface area contributed by atoms with Crippen molar-refractivity contribution in [3.63, 3.8) is 0 Å². The van der Waals surface area contributed by atoms with Crippen molar-refractivity contribution in [1.82, 2.24) is 15.0 Å². The Morgan fingerprint density at radius 1 is 1.09 bits per heavy atom. The minimum Gasteiger partial charge on any atom is -0.378 e. The van der Waals surface area contributed by atoms with Crippen LogP contribution in [0, 0.1) is 0 Å². The van der Waals surface area contributed by atoms with Crippen LogP contribution in [0.15, 0.2) is 48.2 Å². The second-order valence-corrected chi connectivity index (χ2v) is 6.19. The first-order valence-corrected chi connectivity index (χ1v) is 8.44. The number of nitrogens with zero attached hydrogens (tertiary/aromatic N) is 4. The van der Waals surface area contributed by atoms with Crippen molar-refractivity contribution in [2.75, 3.05) is 31.2 Å². The van der Waals surface area contributed by atoms with Crippen LogP contribution < -0.4 is 4.90 Å². The maximum atomic E-state index is 5.41. The van der Waals surface area contributed by atoms with E-state index in [1.165, 1.54) is 0 Å². The Morgan fingerprint density at radius 3 is 2.65 bits per heavy atom. The Kier molecular flexibility index (Phi) is 4.00. The SMILES string of the molecule is c1csc(-c2nc(N3CCOCC3)ncc2-c2ccncc2)c1. The number of thiophene rings is 1. The Bertz CT molecular complexity index is 771. The third-order valence-corrected chi connectivity index (χ3v) is 4.69. The van der Waals surface area contributed by atoms with Crippen LogP contribution in [0.4, 0.5) is 5.95 Å². The van der Waals surface area contributed by atoms with E-state index in [9.17, 15) is 0 Å². The fraction of sp³-hybridized carbons (Fsp3) is 0.235. The average Bonchev–Trinajstić information content (AvgIpc) is 3.17. The van der Waals surface area contributed by atoms with E-state index in [0.29, 0.717) is 0 Å². The molecule has 116 valence electrons. The van der Waals surface area contributed by atoms with Gasteiger partial charge in [-0.25, -0.2) is 9.97 Å². The number of ether oxygens (including phenoxy) is 1. The van der Waals surface area contributed by atoms with Gasteiger partial charge in [0.15, 0.2) is 0 Å². The van der Waals surface area contributed by atoms with Crippen LogP contribution in [0.3, 0.4) is 0 Å². The fourth-order valence-corrected chi connectivity index (χ4v) is 3.36. The largest absolute Gasteiger partial charge is 0.378 e. The van der Waals surface area contributed by atoms with Crippen LogP contribution in [-0.2, 0) is 4.74 Å². The fourth-order valence-electron chi connectivity index (χ4n) is 2.63. The molecule has 0 spiro atoms. The highest BCUT2D eigenvalue weighted by atomic mass is 32.1. The lowest BCUT2D eigenvalue weighted by molar-refractivity contribution is 0.122. The summed E-state index contributed by atoms with van der Waals surface area (Å²) in [7, 11) is 0. The lowest BCUT2D eigenvalue weighted by Gasteiger charge is -2.27. The molecule has 0 aliphatic carbocycles. The summed E-state index contributed by atoms with van der Waals surface area (Å²) < 4.78 is 5.41. The molecule has 0 saturated carbocycles. The first-order chi connectivity index (χ1) is 11.4. The Morgan fingerprint density at radius 2 is 1.91 bits per heavy atom. The minimum absolute atomic E-state index is 0.726. The van der Waals surface area contributed by atoms with E-state index in [1.807, 2.05) is 24.4 Å². The predicted octanol–water partition coefficient (Wildman–Crippen LogP) is 3.10. The molecule has 1 fully saturated rings. The molecule has 0 atom stereocenters. The molecule has 5 nitrogen and oxygen atoms in total. The van der Waals surface area contributed by atoms with E-state index in [2.05, 4.69) is 26.3 Å². The van der Waals surface area contributed by atoms with Crippen molar-refractivity contribution in [2.24, 2.45) is 0 Å². The molecule has 1 aliphatic rings. The number of rotatable bonds is 3. The smallest absolute Gasteiger partial charge is 0.226 e. The summed E-state index contributed by atoms with van der Waals surface area (Å²) in [6.07, 6.45) is 5.51. The molecular formula is C17H16N4OS. The summed E-state index contributed by atoms with van der Waals surface area (Å²) in [5.41, 5.74) is 3.09. The molecule has 3 aromatic rings. The highest BCUT2D eigenvalue weighted by molar-refractivity contribution is 7.13.